The molecule has 3 saturated heterocycles. The van der Waals surface area contributed by atoms with Gasteiger partial charge in [0.05, 0.1) is 0 Å². The molecule has 0 saturated carbocycles. The van der Waals surface area contributed by atoms with Crippen LogP contribution in [-0.4, -0.2) is 48.1 Å². The highest BCUT2D eigenvalue weighted by atomic mass is 32.2. The fourth-order valence-corrected chi connectivity index (χ4v) is 2.87. The lowest BCUT2D eigenvalue weighted by Gasteiger charge is -2.45. The molecule has 3 fully saturated rings. The first-order valence-electron chi connectivity index (χ1n) is 6.11. The molecule has 0 amide bonds. The van der Waals surface area contributed by atoms with Crippen molar-refractivity contribution in [2.45, 2.75) is 37.5 Å². The molecule has 0 radical (unpaired) electrons. The normalized spacial score (nSPS) is 35.8. The lowest BCUT2D eigenvalue weighted by molar-refractivity contribution is 0.0721. The molecule has 0 aliphatic carbocycles. The Labute approximate surface area is 98.2 Å². The van der Waals surface area contributed by atoms with Crippen molar-refractivity contribution in [1.82, 2.24) is 10.2 Å². The third kappa shape index (κ3) is 2.89. The molecule has 0 aromatic rings. The van der Waals surface area contributed by atoms with Crippen LogP contribution in [0.2, 0.25) is 0 Å². The molecule has 0 aromatic heterocycles. The van der Waals surface area contributed by atoms with Gasteiger partial charge >= 0.3 is 0 Å². The number of nitrogens with zero attached hydrogens (tertiary/aromatic N) is 1. The molecule has 3 aliphatic rings. The summed E-state index contributed by atoms with van der Waals surface area (Å²) in [5, 5.41) is 3.78. The molecule has 0 aromatic carbocycles. The summed E-state index contributed by atoms with van der Waals surface area (Å²) in [5.74, 6) is 0.952. The van der Waals surface area contributed by atoms with Gasteiger partial charge in [-0.15, -0.1) is 0 Å². The van der Waals surface area contributed by atoms with Crippen LogP contribution >= 0.6 is 11.8 Å². The van der Waals surface area contributed by atoms with E-state index in [-0.39, 0.29) is 0 Å². The number of hydrogen-bond donors (Lipinski definition) is 1. The van der Waals surface area contributed by atoms with Crippen molar-refractivity contribution in [2.75, 3.05) is 32.4 Å². The predicted octanol–water partition coefficient (Wildman–Crippen LogP) is 1.81. The minimum absolute atomic E-state index is 0.381. The van der Waals surface area contributed by atoms with E-state index in [1.165, 1.54) is 32.5 Å². The molecule has 1 unspecified atom stereocenters. The van der Waals surface area contributed by atoms with E-state index in [4.69, 9.17) is 0 Å². The Morgan fingerprint density at radius 2 is 2.00 bits per heavy atom. The summed E-state index contributed by atoms with van der Waals surface area (Å²) in [5.41, 5.74) is 0. The van der Waals surface area contributed by atoms with Gasteiger partial charge in [0.15, 0.2) is 0 Å². The zero-order valence-electron chi connectivity index (χ0n) is 10.3. The molecule has 88 valence electrons. The van der Waals surface area contributed by atoms with Gasteiger partial charge in [-0.1, -0.05) is 0 Å². The van der Waals surface area contributed by atoms with E-state index in [0.717, 1.165) is 18.5 Å². The van der Waals surface area contributed by atoms with Crippen LogP contribution in [0.4, 0.5) is 0 Å². The van der Waals surface area contributed by atoms with E-state index in [2.05, 4.69) is 30.3 Å². The Morgan fingerprint density at radius 3 is 2.47 bits per heavy atom. The Kier molecular flexibility index (Phi) is 3.63. The molecular formula is C12H24N2S. The second-order valence-corrected chi connectivity index (χ2v) is 7.10. The molecule has 3 rings (SSSR count). The number of hydrogen-bond acceptors (Lipinski definition) is 3. The fraction of sp³-hybridized carbons (Fsp3) is 1.00. The average molecular weight is 228 g/mol. The van der Waals surface area contributed by atoms with Gasteiger partial charge in [0.25, 0.3) is 0 Å². The molecule has 3 heteroatoms. The molecule has 2 bridgehead atoms. The highest BCUT2D eigenvalue weighted by molar-refractivity contribution is 7.99. The van der Waals surface area contributed by atoms with Gasteiger partial charge in [-0.3, -0.25) is 0 Å². The molecule has 3 heterocycles. The van der Waals surface area contributed by atoms with Gasteiger partial charge in [0.2, 0.25) is 0 Å². The van der Waals surface area contributed by atoms with Crippen LogP contribution in [0.1, 0.15) is 26.7 Å². The van der Waals surface area contributed by atoms with Crippen LogP contribution in [0.3, 0.4) is 0 Å². The molecule has 2 nitrogen and oxygen atoms in total. The molecule has 0 spiro atoms. The summed E-state index contributed by atoms with van der Waals surface area (Å²) < 4.78 is 0.381. The Hall–Kier alpha value is 0.270. The van der Waals surface area contributed by atoms with Crippen LogP contribution in [0.5, 0.6) is 0 Å². The number of rotatable bonds is 4. The van der Waals surface area contributed by atoms with Gasteiger partial charge < -0.3 is 10.2 Å². The maximum absolute atomic E-state index is 3.78. The van der Waals surface area contributed by atoms with Crippen LogP contribution < -0.4 is 5.32 Å². The zero-order valence-corrected chi connectivity index (χ0v) is 11.1. The summed E-state index contributed by atoms with van der Waals surface area (Å²) in [4.78, 5) is 2.61. The highest BCUT2D eigenvalue weighted by Crippen LogP contribution is 2.28. The lowest BCUT2D eigenvalue weighted by Crippen LogP contribution is -2.57. The van der Waals surface area contributed by atoms with Crippen molar-refractivity contribution in [3.05, 3.63) is 0 Å². The van der Waals surface area contributed by atoms with Crippen molar-refractivity contribution in [1.29, 1.82) is 0 Å². The summed E-state index contributed by atoms with van der Waals surface area (Å²) in [6, 6.07) is 0.763. The van der Waals surface area contributed by atoms with E-state index >= 15 is 0 Å². The average Bonchev–Trinajstić information content (AvgIpc) is 2.28. The van der Waals surface area contributed by atoms with Gasteiger partial charge in [0.1, 0.15) is 0 Å². The SMILES string of the molecule is CSC(C)(C)CNC1CN2CCC1CC2. The summed E-state index contributed by atoms with van der Waals surface area (Å²) in [6.07, 6.45) is 5.03. The van der Waals surface area contributed by atoms with Gasteiger partial charge in [0, 0.05) is 23.9 Å². The third-order valence-electron chi connectivity index (χ3n) is 4.00. The quantitative estimate of drug-likeness (QED) is 0.790. The minimum Gasteiger partial charge on any atom is -0.311 e. The van der Waals surface area contributed by atoms with Crippen molar-refractivity contribution in [2.24, 2.45) is 5.92 Å². The Bertz CT molecular complexity index is 210. The fourth-order valence-electron chi connectivity index (χ4n) is 2.65. The summed E-state index contributed by atoms with van der Waals surface area (Å²) in [6.45, 7) is 9.76. The van der Waals surface area contributed by atoms with Crippen molar-refractivity contribution >= 4 is 11.8 Å². The largest absolute Gasteiger partial charge is 0.311 e. The minimum atomic E-state index is 0.381. The first-order chi connectivity index (χ1) is 7.11. The van der Waals surface area contributed by atoms with Crippen molar-refractivity contribution < 1.29 is 0 Å². The summed E-state index contributed by atoms with van der Waals surface area (Å²) in [7, 11) is 0. The monoisotopic (exact) mass is 228 g/mol. The van der Waals surface area contributed by atoms with Gasteiger partial charge in [-0.05, 0) is 52.0 Å². The number of fused-ring (bicyclic) bond motifs is 3. The third-order valence-corrected chi connectivity index (χ3v) is 5.25. The molecular weight excluding hydrogens is 204 g/mol. The first kappa shape index (κ1) is 11.7. The Balaban J connectivity index is 1.80. The van der Waals surface area contributed by atoms with E-state index in [0.29, 0.717) is 4.75 Å². The van der Waals surface area contributed by atoms with Crippen molar-refractivity contribution in [3.63, 3.8) is 0 Å². The first-order valence-corrected chi connectivity index (χ1v) is 7.34. The highest BCUT2D eigenvalue weighted by Gasteiger charge is 2.34. The van der Waals surface area contributed by atoms with E-state index < -0.39 is 0 Å². The van der Waals surface area contributed by atoms with E-state index in [9.17, 15) is 0 Å². The molecule has 3 aliphatic heterocycles. The number of nitrogens with one attached hydrogen (secondary N) is 1. The van der Waals surface area contributed by atoms with Crippen LogP contribution in [0, 0.1) is 5.92 Å². The van der Waals surface area contributed by atoms with Gasteiger partial charge in [-0.2, -0.15) is 11.8 Å². The van der Waals surface area contributed by atoms with E-state index in [1.54, 1.807) is 0 Å². The molecule has 15 heavy (non-hydrogen) atoms. The number of piperidine rings is 3. The smallest absolute Gasteiger partial charge is 0.0225 e. The van der Waals surface area contributed by atoms with Crippen LogP contribution in [-0.2, 0) is 0 Å². The molecule has 1 atom stereocenters. The van der Waals surface area contributed by atoms with E-state index in [1.807, 2.05) is 11.8 Å². The Morgan fingerprint density at radius 1 is 1.33 bits per heavy atom. The van der Waals surface area contributed by atoms with Gasteiger partial charge in [-0.25, -0.2) is 0 Å². The maximum Gasteiger partial charge on any atom is 0.0225 e. The van der Waals surface area contributed by atoms with Crippen LogP contribution in [0.25, 0.3) is 0 Å². The number of thioether (sulfide) groups is 1. The second kappa shape index (κ2) is 4.64. The maximum atomic E-state index is 3.78. The summed E-state index contributed by atoms with van der Waals surface area (Å²) >= 11 is 1.96. The zero-order chi connectivity index (χ0) is 10.9. The second-order valence-electron chi connectivity index (χ2n) is 5.59. The lowest BCUT2D eigenvalue weighted by atomic mass is 9.84. The standard InChI is InChI=1S/C12H24N2S/c1-12(2,15-3)9-13-11-8-14-6-4-10(11)5-7-14/h10-11,13H,4-9H2,1-3H3. The molecule has 1 N–H and O–H groups in total. The topological polar surface area (TPSA) is 15.3 Å². The predicted molar refractivity (Wildman–Crippen MR) is 68.5 cm³/mol. The van der Waals surface area contributed by atoms with Crippen molar-refractivity contribution in [3.8, 4) is 0 Å². The van der Waals surface area contributed by atoms with Crippen LogP contribution in [0.15, 0.2) is 0 Å².